The van der Waals surface area contributed by atoms with E-state index in [9.17, 15) is 15.0 Å². The van der Waals surface area contributed by atoms with Gasteiger partial charge in [0, 0.05) is 6.20 Å². The lowest BCUT2D eigenvalue weighted by Crippen LogP contribution is -2.52. The van der Waals surface area contributed by atoms with Crippen LogP contribution in [0.15, 0.2) is 18.5 Å². The summed E-state index contributed by atoms with van der Waals surface area (Å²) in [6.07, 6.45) is 7.44. The van der Waals surface area contributed by atoms with Crippen molar-refractivity contribution in [3.8, 4) is 5.75 Å². The van der Waals surface area contributed by atoms with Crippen LogP contribution < -0.4 is 5.32 Å². The summed E-state index contributed by atoms with van der Waals surface area (Å²) in [6.45, 7) is -0.0506. The number of aliphatic hydroxyl groups excluding tert-OH is 1. The molecule has 98 valence electrons. The van der Waals surface area contributed by atoms with Gasteiger partial charge in [-0.1, -0.05) is 19.3 Å². The average Bonchev–Trinajstić information content (AvgIpc) is 2.40. The molecule has 1 amide bonds. The van der Waals surface area contributed by atoms with E-state index in [-0.39, 0.29) is 18.3 Å². The summed E-state index contributed by atoms with van der Waals surface area (Å²) < 4.78 is 0. The minimum atomic E-state index is -0.513. The van der Waals surface area contributed by atoms with Crippen LogP contribution in [0.4, 0.5) is 0 Å². The van der Waals surface area contributed by atoms with Crippen LogP contribution in [0.1, 0.15) is 42.5 Å². The molecule has 1 aliphatic carbocycles. The van der Waals surface area contributed by atoms with Crippen molar-refractivity contribution in [1.29, 1.82) is 0 Å². The molecule has 18 heavy (non-hydrogen) atoms. The smallest absolute Gasteiger partial charge is 0.253 e. The first kappa shape index (κ1) is 12.8. The standard InChI is InChI=1S/C13H18N2O3/c16-9-13(4-2-1-3-5-13)15-12(18)10-6-11(17)8-14-7-10/h6-8,16-17H,1-5,9H2,(H,15,18). The van der Waals surface area contributed by atoms with Gasteiger partial charge in [-0.2, -0.15) is 0 Å². The molecule has 0 aromatic carbocycles. The number of amides is 1. The van der Waals surface area contributed by atoms with Crippen LogP contribution in [0.2, 0.25) is 0 Å². The van der Waals surface area contributed by atoms with E-state index in [2.05, 4.69) is 10.3 Å². The van der Waals surface area contributed by atoms with E-state index in [1.165, 1.54) is 18.5 Å². The average molecular weight is 250 g/mol. The first-order chi connectivity index (χ1) is 8.65. The van der Waals surface area contributed by atoms with Crippen LogP contribution in [0.3, 0.4) is 0 Å². The zero-order chi connectivity index (χ0) is 13.0. The minimum absolute atomic E-state index is 0.0376. The SMILES string of the molecule is O=C(NC1(CO)CCCCC1)c1cncc(O)c1. The van der Waals surface area contributed by atoms with E-state index in [1.807, 2.05) is 0 Å². The second kappa shape index (κ2) is 5.35. The van der Waals surface area contributed by atoms with Crippen LogP contribution in [-0.4, -0.2) is 33.3 Å². The van der Waals surface area contributed by atoms with Crippen LogP contribution in [-0.2, 0) is 0 Å². The van der Waals surface area contributed by atoms with Crippen molar-refractivity contribution in [2.45, 2.75) is 37.6 Å². The van der Waals surface area contributed by atoms with Crippen molar-refractivity contribution in [2.75, 3.05) is 6.61 Å². The highest BCUT2D eigenvalue weighted by Gasteiger charge is 2.33. The topological polar surface area (TPSA) is 82.5 Å². The molecule has 1 aliphatic rings. The fourth-order valence-electron chi connectivity index (χ4n) is 2.42. The number of carbonyl (C=O) groups excluding carboxylic acids is 1. The number of hydrogen-bond acceptors (Lipinski definition) is 4. The molecule has 0 atom stereocenters. The molecule has 0 saturated heterocycles. The van der Waals surface area contributed by atoms with E-state index in [1.54, 1.807) is 0 Å². The number of pyridine rings is 1. The van der Waals surface area contributed by atoms with Gasteiger partial charge in [0.05, 0.1) is 23.9 Å². The lowest BCUT2D eigenvalue weighted by atomic mass is 9.82. The number of rotatable bonds is 3. The monoisotopic (exact) mass is 250 g/mol. The summed E-state index contributed by atoms with van der Waals surface area (Å²) in [5, 5.41) is 21.7. The van der Waals surface area contributed by atoms with Gasteiger partial charge in [0.2, 0.25) is 0 Å². The van der Waals surface area contributed by atoms with Gasteiger partial charge in [0.1, 0.15) is 5.75 Å². The zero-order valence-corrected chi connectivity index (χ0v) is 10.2. The second-order valence-electron chi connectivity index (χ2n) is 4.89. The fraction of sp³-hybridized carbons (Fsp3) is 0.538. The number of aliphatic hydroxyl groups is 1. The molecule has 0 radical (unpaired) electrons. The summed E-state index contributed by atoms with van der Waals surface area (Å²) in [5.74, 6) is -0.335. The van der Waals surface area contributed by atoms with Gasteiger partial charge in [0.25, 0.3) is 5.91 Å². The van der Waals surface area contributed by atoms with E-state index in [0.29, 0.717) is 5.56 Å². The predicted octanol–water partition coefficient (Wildman–Crippen LogP) is 1.21. The maximum Gasteiger partial charge on any atom is 0.253 e. The van der Waals surface area contributed by atoms with Crippen molar-refractivity contribution >= 4 is 5.91 Å². The Morgan fingerprint density at radius 2 is 2.06 bits per heavy atom. The molecule has 5 nitrogen and oxygen atoms in total. The molecule has 0 bridgehead atoms. The quantitative estimate of drug-likeness (QED) is 0.753. The lowest BCUT2D eigenvalue weighted by molar-refractivity contribution is 0.0758. The molecule has 2 rings (SSSR count). The highest BCUT2D eigenvalue weighted by molar-refractivity contribution is 5.94. The molecule has 0 unspecified atom stereocenters. The first-order valence-electron chi connectivity index (χ1n) is 6.23. The number of carbonyl (C=O) groups is 1. The van der Waals surface area contributed by atoms with Crippen LogP contribution in [0, 0.1) is 0 Å². The van der Waals surface area contributed by atoms with Gasteiger partial charge in [-0.3, -0.25) is 9.78 Å². The summed E-state index contributed by atoms with van der Waals surface area (Å²) in [5.41, 5.74) is -0.200. The number of aromatic nitrogens is 1. The van der Waals surface area contributed by atoms with Crippen LogP contribution >= 0.6 is 0 Å². The van der Waals surface area contributed by atoms with E-state index in [4.69, 9.17) is 0 Å². The molecule has 1 heterocycles. The van der Waals surface area contributed by atoms with Gasteiger partial charge < -0.3 is 15.5 Å². The number of aromatic hydroxyl groups is 1. The largest absolute Gasteiger partial charge is 0.506 e. The molecule has 1 aromatic rings. The zero-order valence-electron chi connectivity index (χ0n) is 10.2. The Morgan fingerprint density at radius 1 is 1.33 bits per heavy atom. The first-order valence-corrected chi connectivity index (χ1v) is 6.23. The summed E-state index contributed by atoms with van der Waals surface area (Å²) in [4.78, 5) is 15.8. The number of nitrogens with zero attached hydrogens (tertiary/aromatic N) is 1. The predicted molar refractivity (Wildman–Crippen MR) is 66.3 cm³/mol. The van der Waals surface area contributed by atoms with Gasteiger partial charge in [0.15, 0.2) is 0 Å². The van der Waals surface area contributed by atoms with Crippen LogP contribution in [0.25, 0.3) is 0 Å². The van der Waals surface area contributed by atoms with Gasteiger partial charge in [-0.05, 0) is 18.9 Å². The Bertz CT molecular complexity index is 428. The third kappa shape index (κ3) is 2.79. The third-order valence-corrected chi connectivity index (χ3v) is 3.48. The Morgan fingerprint density at radius 3 is 2.67 bits per heavy atom. The summed E-state index contributed by atoms with van der Waals surface area (Å²) in [7, 11) is 0. The maximum atomic E-state index is 12.1. The Kier molecular flexibility index (Phi) is 3.81. The second-order valence-corrected chi connectivity index (χ2v) is 4.89. The highest BCUT2D eigenvalue weighted by atomic mass is 16.3. The molecule has 1 saturated carbocycles. The molecular formula is C13H18N2O3. The van der Waals surface area contributed by atoms with Crippen molar-refractivity contribution < 1.29 is 15.0 Å². The molecule has 1 fully saturated rings. The lowest BCUT2D eigenvalue weighted by Gasteiger charge is -2.36. The van der Waals surface area contributed by atoms with Gasteiger partial charge >= 0.3 is 0 Å². The molecular weight excluding hydrogens is 232 g/mol. The van der Waals surface area contributed by atoms with Gasteiger partial charge in [-0.25, -0.2) is 0 Å². The molecule has 5 heteroatoms. The van der Waals surface area contributed by atoms with Crippen molar-refractivity contribution in [3.63, 3.8) is 0 Å². The third-order valence-electron chi connectivity index (χ3n) is 3.48. The summed E-state index contributed by atoms with van der Waals surface area (Å²) in [6, 6.07) is 1.37. The van der Waals surface area contributed by atoms with Crippen molar-refractivity contribution in [3.05, 3.63) is 24.0 Å². The Labute approximate surface area is 106 Å². The molecule has 0 aliphatic heterocycles. The Balaban J connectivity index is 2.10. The number of nitrogens with one attached hydrogen (secondary N) is 1. The van der Waals surface area contributed by atoms with Crippen LogP contribution in [0.5, 0.6) is 5.75 Å². The number of hydrogen-bond donors (Lipinski definition) is 3. The van der Waals surface area contributed by atoms with Gasteiger partial charge in [-0.15, -0.1) is 0 Å². The minimum Gasteiger partial charge on any atom is -0.506 e. The van der Waals surface area contributed by atoms with Crippen molar-refractivity contribution in [1.82, 2.24) is 10.3 Å². The van der Waals surface area contributed by atoms with E-state index in [0.717, 1.165) is 32.1 Å². The molecule has 3 N–H and O–H groups in total. The van der Waals surface area contributed by atoms with E-state index < -0.39 is 5.54 Å². The Hall–Kier alpha value is -1.62. The fourth-order valence-corrected chi connectivity index (χ4v) is 2.42. The molecule has 0 spiro atoms. The van der Waals surface area contributed by atoms with Crippen molar-refractivity contribution in [2.24, 2.45) is 0 Å². The van der Waals surface area contributed by atoms with E-state index >= 15 is 0 Å². The summed E-state index contributed by atoms with van der Waals surface area (Å²) >= 11 is 0. The maximum absolute atomic E-state index is 12.1. The molecule has 1 aromatic heterocycles. The normalized spacial score (nSPS) is 18.3. The highest BCUT2D eigenvalue weighted by Crippen LogP contribution is 2.28.